The maximum atomic E-state index is 11.6. The molecule has 1 rings (SSSR count). The van der Waals surface area contributed by atoms with Gasteiger partial charge >= 0.3 is 5.97 Å². The van der Waals surface area contributed by atoms with E-state index in [4.69, 9.17) is 5.11 Å². The lowest BCUT2D eigenvalue weighted by Crippen LogP contribution is -2.43. The maximum Gasteiger partial charge on any atom is 0.321 e. The number of rotatable bonds is 8. The van der Waals surface area contributed by atoms with Crippen molar-refractivity contribution in [3.8, 4) is 0 Å². The SMILES string of the molecule is CCS(=O)(=O)CCC(NS(=O)(=O)C1CC1)C(=O)O. The minimum atomic E-state index is -3.63. The van der Waals surface area contributed by atoms with Crippen LogP contribution in [-0.2, 0) is 24.7 Å². The summed E-state index contributed by atoms with van der Waals surface area (Å²) in [6, 6.07) is -1.38. The maximum absolute atomic E-state index is 11.6. The van der Waals surface area contributed by atoms with E-state index in [0.717, 1.165) is 0 Å². The predicted molar refractivity (Wildman–Crippen MR) is 65.4 cm³/mol. The monoisotopic (exact) mass is 299 g/mol. The van der Waals surface area contributed by atoms with E-state index in [2.05, 4.69) is 4.72 Å². The number of aliphatic carboxylic acids is 1. The van der Waals surface area contributed by atoms with Gasteiger partial charge in [0.25, 0.3) is 0 Å². The molecule has 1 unspecified atom stereocenters. The molecule has 1 atom stereocenters. The normalized spacial score (nSPS) is 18.5. The summed E-state index contributed by atoms with van der Waals surface area (Å²) in [5.74, 6) is -1.78. The molecule has 9 heteroatoms. The molecule has 1 aliphatic carbocycles. The molecule has 0 aromatic heterocycles. The van der Waals surface area contributed by atoms with E-state index in [1.807, 2.05) is 0 Å². The first-order chi connectivity index (χ1) is 8.18. The van der Waals surface area contributed by atoms with E-state index in [1.165, 1.54) is 6.92 Å². The van der Waals surface area contributed by atoms with Crippen LogP contribution >= 0.6 is 0 Å². The van der Waals surface area contributed by atoms with Gasteiger partial charge in [0.15, 0.2) is 0 Å². The molecule has 1 saturated carbocycles. The number of carbonyl (C=O) groups is 1. The molecule has 2 N–H and O–H groups in total. The summed E-state index contributed by atoms with van der Waals surface area (Å²) in [5.41, 5.74) is 0. The van der Waals surface area contributed by atoms with Crippen LogP contribution in [0.15, 0.2) is 0 Å². The summed E-state index contributed by atoms with van der Waals surface area (Å²) >= 11 is 0. The third kappa shape index (κ3) is 4.54. The Morgan fingerprint density at radius 3 is 2.28 bits per heavy atom. The first kappa shape index (κ1) is 15.4. The number of carboxylic acid groups (broad SMARTS) is 1. The van der Waals surface area contributed by atoms with Gasteiger partial charge in [0.1, 0.15) is 15.9 Å². The number of sulfone groups is 1. The van der Waals surface area contributed by atoms with Crippen molar-refractivity contribution in [3.63, 3.8) is 0 Å². The van der Waals surface area contributed by atoms with E-state index in [1.54, 1.807) is 0 Å². The summed E-state index contributed by atoms with van der Waals surface area (Å²) in [4.78, 5) is 10.9. The van der Waals surface area contributed by atoms with Gasteiger partial charge < -0.3 is 5.11 Å². The molecular formula is C9H17NO6S2. The van der Waals surface area contributed by atoms with Crippen LogP contribution in [0.1, 0.15) is 26.2 Å². The molecule has 0 amide bonds. The van der Waals surface area contributed by atoms with Crippen LogP contribution in [0.3, 0.4) is 0 Å². The van der Waals surface area contributed by atoms with Crippen molar-refractivity contribution in [2.75, 3.05) is 11.5 Å². The van der Waals surface area contributed by atoms with Crippen LogP contribution < -0.4 is 4.72 Å². The molecule has 0 aliphatic heterocycles. The molecule has 0 spiro atoms. The number of nitrogens with one attached hydrogen (secondary N) is 1. The second kappa shape index (κ2) is 5.54. The third-order valence-electron chi connectivity index (χ3n) is 2.73. The van der Waals surface area contributed by atoms with E-state index in [9.17, 15) is 21.6 Å². The van der Waals surface area contributed by atoms with Crippen molar-refractivity contribution in [2.45, 2.75) is 37.5 Å². The number of carboxylic acids is 1. The largest absolute Gasteiger partial charge is 0.480 e. The van der Waals surface area contributed by atoms with Gasteiger partial charge in [-0.1, -0.05) is 6.92 Å². The molecule has 18 heavy (non-hydrogen) atoms. The van der Waals surface area contributed by atoms with Crippen LogP contribution in [-0.4, -0.2) is 50.7 Å². The van der Waals surface area contributed by atoms with Crippen molar-refractivity contribution in [1.29, 1.82) is 0 Å². The molecule has 0 radical (unpaired) electrons. The van der Waals surface area contributed by atoms with Gasteiger partial charge in [0.2, 0.25) is 10.0 Å². The fourth-order valence-corrected chi connectivity index (χ4v) is 3.80. The minimum Gasteiger partial charge on any atom is -0.480 e. The number of hydrogen-bond donors (Lipinski definition) is 2. The van der Waals surface area contributed by atoms with Crippen molar-refractivity contribution >= 4 is 25.8 Å². The highest BCUT2D eigenvalue weighted by atomic mass is 32.2. The summed E-state index contributed by atoms with van der Waals surface area (Å²) in [6.07, 6.45) is 0.793. The standard InChI is InChI=1S/C9H17NO6S2/c1-2-17(13,14)6-5-8(9(11)12)10-18(15,16)7-3-4-7/h7-8,10H,2-6H2,1H3,(H,11,12). The van der Waals surface area contributed by atoms with Crippen molar-refractivity contribution in [1.82, 2.24) is 4.72 Å². The lowest BCUT2D eigenvalue weighted by atomic mass is 10.2. The topological polar surface area (TPSA) is 118 Å². The van der Waals surface area contributed by atoms with Gasteiger partial charge in [-0.15, -0.1) is 0 Å². The Balaban J connectivity index is 2.64. The molecule has 7 nitrogen and oxygen atoms in total. The van der Waals surface area contributed by atoms with Gasteiger partial charge in [-0.3, -0.25) is 4.79 Å². The molecule has 0 aromatic carbocycles. The average Bonchev–Trinajstić information content (AvgIpc) is 3.07. The first-order valence-electron chi connectivity index (χ1n) is 5.62. The highest BCUT2D eigenvalue weighted by Gasteiger charge is 2.38. The molecular weight excluding hydrogens is 282 g/mol. The second-order valence-electron chi connectivity index (χ2n) is 4.28. The summed E-state index contributed by atoms with van der Waals surface area (Å²) in [7, 11) is -6.94. The molecule has 106 valence electrons. The van der Waals surface area contributed by atoms with Crippen LogP contribution in [0.4, 0.5) is 0 Å². The van der Waals surface area contributed by atoms with E-state index in [0.29, 0.717) is 12.8 Å². The average molecular weight is 299 g/mol. The lowest BCUT2D eigenvalue weighted by molar-refractivity contribution is -0.139. The number of hydrogen-bond acceptors (Lipinski definition) is 5. The van der Waals surface area contributed by atoms with E-state index in [-0.39, 0.29) is 17.9 Å². The molecule has 1 fully saturated rings. The zero-order valence-electron chi connectivity index (χ0n) is 10.00. The van der Waals surface area contributed by atoms with E-state index < -0.39 is 37.1 Å². The van der Waals surface area contributed by atoms with Crippen molar-refractivity contribution in [3.05, 3.63) is 0 Å². The summed E-state index contributed by atoms with van der Waals surface area (Å²) < 4.78 is 47.8. The van der Waals surface area contributed by atoms with Crippen molar-refractivity contribution < 1.29 is 26.7 Å². The smallest absolute Gasteiger partial charge is 0.321 e. The molecule has 0 aromatic rings. The quantitative estimate of drug-likeness (QED) is 0.614. The summed E-state index contributed by atoms with van der Waals surface area (Å²) in [6.45, 7) is 1.46. The number of sulfonamides is 1. The molecule has 1 aliphatic rings. The van der Waals surface area contributed by atoms with Crippen LogP contribution in [0.5, 0.6) is 0 Å². The Kier molecular flexibility index (Phi) is 4.73. The van der Waals surface area contributed by atoms with Gasteiger partial charge in [0, 0.05) is 5.75 Å². The van der Waals surface area contributed by atoms with Gasteiger partial charge in [-0.05, 0) is 19.3 Å². The Morgan fingerprint density at radius 2 is 1.89 bits per heavy atom. The predicted octanol–water partition coefficient (Wildman–Crippen LogP) is -0.654. The van der Waals surface area contributed by atoms with Crippen LogP contribution in [0.25, 0.3) is 0 Å². The zero-order chi connectivity index (χ0) is 14.0. The fraction of sp³-hybridized carbons (Fsp3) is 0.889. The van der Waals surface area contributed by atoms with Gasteiger partial charge in [0.05, 0.1) is 11.0 Å². The zero-order valence-corrected chi connectivity index (χ0v) is 11.6. The van der Waals surface area contributed by atoms with Crippen LogP contribution in [0, 0.1) is 0 Å². The fourth-order valence-electron chi connectivity index (χ4n) is 1.35. The second-order valence-corrected chi connectivity index (χ2v) is 8.74. The Morgan fingerprint density at radius 1 is 1.33 bits per heavy atom. The Hall–Kier alpha value is -0.670. The van der Waals surface area contributed by atoms with Crippen molar-refractivity contribution in [2.24, 2.45) is 0 Å². The molecule has 0 saturated heterocycles. The highest BCUT2D eigenvalue weighted by molar-refractivity contribution is 7.91. The third-order valence-corrected chi connectivity index (χ3v) is 6.42. The lowest BCUT2D eigenvalue weighted by Gasteiger charge is -2.14. The minimum absolute atomic E-state index is 0.0886. The van der Waals surface area contributed by atoms with Gasteiger partial charge in [-0.2, -0.15) is 0 Å². The summed E-state index contributed by atoms with van der Waals surface area (Å²) in [5, 5.41) is 8.36. The first-order valence-corrected chi connectivity index (χ1v) is 8.99. The van der Waals surface area contributed by atoms with Gasteiger partial charge in [-0.25, -0.2) is 21.6 Å². The molecule has 0 bridgehead atoms. The Labute approximate surface area is 107 Å². The highest BCUT2D eigenvalue weighted by Crippen LogP contribution is 2.27. The Bertz CT molecular complexity index is 505. The molecule has 0 heterocycles. The van der Waals surface area contributed by atoms with E-state index >= 15 is 0 Å². The van der Waals surface area contributed by atoms with Crippen LogP contribution in [0.2, 0.25) is 0 Å².